The quantitative estimate of drug-likeness (QED) is 0.906. The molecule has 0 radical (unpaired) electrons. The van der Waals surface area contributed by atoms with E-state index in [9.17, 15) is 13.2 Å². The van der Waals surface area contributed by atoms with E-state index in [0.29, 0.717) is 13.0 Å². The summed E-state index contributed by atoms with van der Waals surface area (Å²) < 4.78 is 29.6. The predicted octanol–water partition coefficient (Wildman–Crippen LogP) is 2.15. The van der Waals surface area contributed by atoms with E-state index in [1.807, 2.05) is 31.2 Å². The third-order valence-corrected chi connectivity index (χ3v) is 7.51. The Kier molecular flexibility index (Phi) is 4.97. The molecule has 2 heterocycles. The molecule has 0 aliphatic carbocycles. The fourth-order valence-corrected chi connectivity index (χ4v) is 5.23. The molecule has 2 aliphatic rings. The standard InChI is InChI=1S/C18H25NO4S/c1-12-5-7-14(8-6-12)17-15(4-3-10-23-17)18(20)19-16-9-11-24(21,22)13(16)2/h5-8,13,15-17H,3-4,9-11H2,1-2H3,(H,19,20)/t13-,15+,16-,17-/m0/s1. The lowest BCUT2D eigenvalue weighted by Crippen LogP contribution is -2.45. The Labute approximate surface area is 143 Å². The summed E-state index contributed by atoms with van der Waals surface area (Å²) in [6, 6.07) is 7.77. The van der Waals surface area contributed by atoms with Gasteiger partial charge in [-0.15, -0.1) is 0 Å². The van der Waals surface area contributed by atoms with Crippen LogP contribution in [0.25, 0.3) is 0 Å². The normalized spacial score (nSPS) is 32.4. The summed E-state index contributed by atoms with van der Waals surface area (Å²) >= 11 is 0. The summed E-state index contributed by atoms with van der Waals surface area (Å²) in [5.41, 5.74) is 2.17. The number of carbonyl (C=O) groups is 1. The van der Waals surface area contributed by atoms with Crippen LogP contribution in [0.5, 0.6) is 0 Å². The molecule has 0 spiro atoms. The maximum atomic E-state index is 12.8. The molecule has 4 atom stereocenters. The number of ether oxygens (including phenoxy) is 1. The summed E-state index contributed by atoms with van der Waals surface area (Å²) in [5.74, 6) is -0.201. The Morgan fingerprint density at radius 3 is 2.54 bits per heavy atom. The topological polar surface area (TPSA) is 72.5 Å². The van der Waals surface area contributed by atoms with Crippen LogP contribution in [0.1, 0.15) is 43.4 Å². The first-order valence-corrected chi connectivity index (χ1v) is 10.3. The molecule has 0 unspecified atom stereocenters. The number of rotatable bonds is 3. The summed E-state index contributed by atoms with van der Waals surface area (Å²) in [5, 5.41) is 2.46. The molecule has 2 aliphatic heterocycles. The lowest BCUT2D eigenvalue weighted by Gasteiger charge is -2.32. The van der Waals surface area contributed by atoms with Crippen LogP contribution in [-0.4, -0.2) is 38.0 Å². The molecule has 0 aromatic heterocycles. The van der Waals surface area contributed by atoms with Gasteiger partial charge in [0.15, 0.2) is 9.84 Å². The van der Waals surface area contributed by atoms with E-state index in [4.69, 9.17) is 4.74 Å². The molecule has 2 saturated heterocycles. The fraction of sp³-hybridized carbons (Fsp3) is 0.611. The lowest BCUT2D eigenvalue weighted by molar-refractivity contribution is -0.135. The zero-order valence-corrected chi connectivity index (χ0v) is 15.0. The van der Waals surface area contributed by atoms with E-state index in [1.165, 1.54) is 5.56 Å². The second-order valence-electron chi connectivity index (χ2n) is 6.93. The van der Waals surface area contributed by atoms with Crippen LogP contribution in [0.4, 0.5) is 0 Å². The van der Waals surface area contributed by atoms with Crippen LogP contribution in [0, 0.1) is 12.8 Å². The number of amides is 1. The minimum Gasteiger partial charge on any atom is -0.373 e. The van der Waals surface area contributed by atoms with Gasteiger partial charge in [-0.05, 0) is 38.7 Å². The highest BCUT2D eigenvalue weighted by Gasteiger charge is 2.40. The molecular formula is C18H25NO4S. The summed E-state index contributed by atoms with van der Waals surface area (Å²) in [4.78, 5) is 12.8. The number of hydrogen-bond acceptors (Lipinski definition) is 4. The van der Waals surface area contributed by atoms with E-state index >= 15 is 0 Å². The smallest absolute Gasteiger partial charge is 0.226 e. The molecule has 132 valence electrons. The number of sulfone groups is 1. The monoisotopic (exact) mass is 351 g/mol. The number of benzene rings is 1. The van der Waals surface area contributed by atoms with Gasteiger partial charge in [-0.25, -0.2) is 8.42 Å². The second kappa shape index (κ2) is 6.84. The van der Waals surface area contributed by atoms with E-state index in [2.05, 4.69) is 5.32 Å². The van der Waals surface area contributed by atoms with Gasteiger partial charge in [0.25, 0.3) is 0 Å². The molecule has 5 nitrogen and oxygen atoms in total. The van der Waals surface area contributed by atoms with Crippen LogP contribution >= 0.6 is 0 Å². The zero-order chi connectivity index (χ0) is 17.3. The SMILES string of the molecule is Cc1ccc([C@@H]2OCCC[C@H]2C(=O)N[C@H]2CCS(=O)(=O)[C@H]2C)cc1. The van der Waals surface area contributed by atoms with Crippen molar-refractivity contribution in [2.75, 3.05) is 12.4 Å². The van der Waals surface area contributed by atoms with E-state index < -0.39 is 15.1 Å². The van der Waals surface area contributed by atoms with Gasteiger partial charge in [0.05, 0.1) is 23.0 Å². The molecule has 0 saturated carbocycles. The van der Waals surface area contributed by atoms with Gasteiger partial charge in [-0.3, -0.25) is 4.79 Å². The van der Waals surface area contributed by atoms with Gasteiger partial charge >= 0.3 is 0 Å². The van der Waals surface area contributed by atoms with Crippen molar-refractivity contribution in [3.05, 3.63) is 35.4 Å². The van der Waals surface area contributed by atoms with Gasteiger partial charge < -0.3 is 10.1 Å². The third-order valence-electron chi connectivity index (χ3n) is 5.24. The molecule has 1 amide bonds. The van der Waals surface area contributed by atoms with Crippen LogP contribution < -0.4 is 5.32 Å². The van der Waals surface area contributed by atoms with E-state index in [0.717, 1.165) is 18.4 Å². The number of aryl methyl sites for hydroxylation is 1. The molecule has 6 heteroatoms. The van der Waals surface area contributed by atoms with Crippen LogP contribution in [-0.2, 0) is 19.4 Å². The Balaban J connectivity index is 1.73. The molecular weight excluding hydrogens is 326 g/mol. The van der Waals surface area contributed by atoms with Crippen molar-refractivity contribution in [1.29, 1.82) is 0 Å². The molecule has 1 aromatic carbocycles. The van der Waals surface area contributed by atoms with Crippen molar-refractivity contribution in [2.24, 2.45) is 5.92 Å². The van der Waals surface area contributed by atoms with Crippen molar-refractivity contribution < 1.29 is 17.9 Å². The van der Waals surface area contributed by atoms with Crippen molar-refractivity contribution in [3.63, 3.8) is 0 Å². The molecule has 1 N–H and O–H groups in total. The van der Waals surface area contributed by atoms with Crippen LogP contribution in [0.3, 0.4) is 0 Å². The fourth-order valence-electron chi connectivity index (χ4n) is 3.58. The average molecular weight is 351 g/mol. The van der Waals surface area contributed by atoms with E-state index in [-0.39, 0.29) is 29.7 Å². The largest absolute Gasteiger partial charge is 0.373 e. The maximum absolute atomic E-state index is 12.8. The van der Waals surface area contributed by atoms with Crippen molar-refractivity contribution in [2.45, 2.75) is 50.5 Å². The molecule has 3 rings (SSSR count). The predicted molar refractivity (Wildman–Crippen MR) is 92.4 cm³/mol. The van der Waals surface area contributed by atoms with Gasteiger partial charge in [0.2, 0.25) is 5.91 Å². The minimum absolute atomic E-state index is 0.0887. The lowest BCUT2D eigenvalue weighted by atomic mass is 9.88. The zero-order valence-electron chi connectivity index (χ0n) is 14.2. The minimum atomic E-state index is -3.07. The highest BCUT2D eigenvalue weighted by Crippen LogP contribution is 2.34. The molecule has 24 heavy (non-hydrogen) atoms. The van der Waals surface area contributed by atoms with Gasteiger partial charge in [-0.1, -0.05) is 29.8 Å². The van der Waals surface area contributed by atoms with E-state index in [1.54, 1.807) is 6.92 Å². The number of hydrogen-bond donors (Lipinski definition) is 1. The molecule has 1 aromatic rings. The molecule has 2 fully saturated rings. The van der Waals surface area contributed by atoms with Crippen LogP contribution in [0.15, 0.2) is 24.3 Å². The Morgan fingerprint density at radius 2 is 1.92 bits per heavy atom. The first-order valence-electron chi connectivity index (χ1n) is 8.58. The first-order chi connectivity index (χ1) is 11.4. The highest BCUT2D eigenvalue weighted by atomic mass is 32.2. The average Bonchev–Trinajstić information content (AvgIpc) is 2.82. The highest BCUT2D eigenvalue weighted by molar-refractivity contribution is 7.92. The Bertz CT molecular complexity index is 698. The summed E-state index contributed by atoms with van der Waals surface area (Å²) in [7, 11) is -3.07. The first kappa shape index (κ1) is 17.4. The third kappa shape index (κ3) is 3.49. The van der Waals surface area contributed by atoms with Gasteiger partial charge in [-0.2, -0.15) is 0 Å². The van der Waals surface area contributed by atoms with Gasteiger partial charge in [0.1, 0.15) is 0 Å². The number of nitrogens with one attached hydrogen (secondary N) is 1. The van der Waals surface area contributed by atoms with Crippen molar-refractivity contribution in [3.8, 4) is 0 Å². The van der Waals surface area contributed by atoms with Crippen LogP contribution in [0.2, 0.25) is 0 Å². The maximum Gasteiger partial charge on any atom is 0.226 e. The Hall–Kier alpha value is -1.40. The number of carbonyl (C=O) groups excluding carboxylic acids is 1. The molecule has 0 bridgehead atoms. The summed E-state index contributed by atoms with van der Waals surface area (Å²) in [6.07, 6.45) is 1.85. The van der Waals surface area contributed by atoms with Crippen molar-refractivity contribution in [1.82, 2.24) is 5.32 Å². The Morgan fingerprint density at radius 1 is 1.21 bits per heavy atom. The second-order valence-corrected chi connectivity index (χ2v) is 9.40. The van der Waals surface area contributed by atoms with Crippen molar-refractivity contribution >= 4 is 15.7 Å². The summed E-state index contributed by atoms with van der Waals surface area (Å²) in [6.45, 7) is 4.36. The van der Waals surface area contributed by atoms with Gasteiger partial charge in [0, 0.05) is 12.6 Å².